The van der Waals surface area contributed by atoms with Crippen LogP contribution in [-0.4, -0.2) is 32.3 Å². The summed E-state index contributed by atoms with van der Waals surface area (Å²) in [7, 11) is 0. The summed E-state index contributed by atoms with van der Waals surface area (Å²) in [6.45, 7) is 1.12. The standard InChI is InChI=1S/C20H20ClN3O3/c1-20(27,11-25)13-4-2-12(3-5-13)19(26)23-18-8-17-15(9-22-18)16(21)10-24(17)14-6-7-14/h2-5,8-10,14,25,27H,6-7,11H2,1H3,(H,22,23,26). The average molecular weight is 386 g/mol. The molecule has 7 heteroatoms. The van der Waals surface area contributed by atoms with Gasteiger partial charge in [0.2, 0.25) is 0 Å². The number of nitrogens with one attached hydrogen (secondary N) is 1. The van der Waals surface area contributed by atoms with Crippen LogP contribution in [0.15, 0.2) is 42.7 Å². The van der Waals surface area contributed by atoms with Crippen LogP contribution in [0, 0.1) is 0 Å². The van der Waals surface area contributed by atoms with Gasteiger partial charge >= 0.3 is 0 Å². The molecule has 1 unspecified atom stereocenters. The van der Waals surface area contributed by atoms with Gasteiger partial charge in [-0.15, -0.1) is 0 Å². The zero-order chi connectivity index (χ0) is 19.2. The Morgan fingerprint density at radius 2 is 2.07 bits per heavy atom. The maximum absolute atomic E-state index is 12.5. The van der Waals surface area contributed by atoms with Crippen LogP contribution in [0.1, 0.15) is 41.7 Å². The predicted molar refractivity (Wildman–Crippen MR) is 104 cm³/mol. The molecule has 1 fully saturated rings. The van der Waals surface area contributed by atoms with Crippen molar-refractivity contribution in [1.29, 1.82) is 0 Å². The lowest BCUT2D eigenvalue weighted by Gasteiger charge is -2.20. The van der Waals surface area contributed by atoms with E-state index in [1.807, 2.05) is 12.3 Å². The number of hydrogen-bond acceptors (Lipinski definition) is 4. The molecule has 27 heavy (non-hydrogen) atoms. The lowest BCUT2D eigenvalue weighted by atomic mass is 9.96. The van der Waals surface area contributed by atoms with Gasteiger partial charge in [0.1, 0.15) is 11.4 Å². The van der Waals surface area contributed by atoms with Crippen molar-refractivity contribution >= 4 is 34.2 Å². The zero-order valence-corrected chi connectivity index (χ0v) is 15.6. The van der Waals surface area contributed by atoms with E-state index in [-0.39, 0.29) is 5.91 Å². The highest BCUT2D eigenvalue weighted by Crippen LogP contribution is 2.40. The number of halogens is 1. The smallest absolute Gasteiger partial charge is 0.256 e. The molecule has 1 aromatic carbocycles. The van der Waals surface area contributed by atoms with Gasteiger partial charge in [-0.05, 0) is 37.5 Å². The van der Waals surface area contributed by atoms with E-state index in [1.165, 1.54) is 6.92 Å². The van der Waals surface area contributed by atoms with Gasteiger partial charge in [0, 0.05) is 35.5 Å². The molecule has 0 bridgehead atoms. The second-order valence-corrected chi connectivity index (χ2v) is 7.57. The van der Waals surface area contributed by atoms with E-state index in [1.54, 1.807) is 30.5 Å². The molecule has 6 nitrogen and oxygen atoms in total. The Morgan fingerprint density at radius 1 is 1.37 bits per heavy atom. The number of fused-ring (bicyclic) bond motifs is 1. The lowest BCUT2D eigenvalue weighted by Crippen LogP contribution is -2.25. The average Bonchev–Trinajstić information content (AvgIpc) is 3.46. The molecule has 1 saturated carbocycles. The van der Waals surface area contributed by atoms with Crippen LogP contribution in [0.4, 0.5) is 5.82 Å². The Labute approximate surface area is 161 Å². The van der Waals surface area contributed by atoms with Crippen molar-refractivity contribution in [2.75, 3.05) is 11.9 Å². The van der Waals surface area contributed by atoms with Crippen molar-refractivity contribution in [1.82, 2.24) is 9.55 Å². The van der Waals surface area contributed by atoms with Gasteiger partial charge in [-0.25, -0.2) is 4.98 Å². The number of aromatic nitrogens is 2. The Bertz CT molecular complexity index is 1010. The van der Waals surface area contributed by atoms with Crippen molar-refractivity contribution in [3.8, 4) is 0 Å². The molecule has 0 spiro atoms. The Kier molecular flexibility index (Phi) is 4.42. The van der Waals surface area contributed by atoms with Crippen LogP contribution in [0.25, 0.3) is 10.9 Å². The van der Waals surface area contributed by atoms with Gasteiger partial charge in [0.15, 0.2) is 0 Å². The minimum absolute atomic E-state index is 0.298. The normalized spacial score (nSPS) is 16.3. The SMILES string of the molecule is CC(O)(CO)c1ccc(C(=O)Nc2cc3c(cn2)c(Cl)cn3C2CC2)cc1. The highest BCUT2D eigenvalue weighted by atomic mass is 35.5. The number of aliphatic hydroxyl groups is 2. The van der Waals surface area contributed by atoms with Crippen molar-refractivity contribution < 1.29 is 15.0 Å². The van der Waals surface area contributed by atoms with Gasteiger partial charge in [-0.1, -0.05) is 23.7 Å². The fraction of sp³-hybridized carbons (Fsp3) is 0.300. The maximum Gasteiger partial charge on any atom is 0.256 e. The summed E-state index contributed by atoms with van der Waals surface area (Å²) >= 11 is 6.28. The first-order valence-corrected chi connectivity index (χ1v) is 9.18. The number of nitrogens with zero attached hydrogens (tertiary/aromatic N) is 2. The van der Waals surface area contributed by atoms with Crippen LogP contribution < -0.4 is 5.32 Å². The van der Waals surface area contributed by atoms with E-state index >= 15 is 0 Å². The Balaban J connectivity index is 1.56. The van der Waals surface area contributed by atoms with E-state index in [0.29, 0.717) is 28.0 Å². The van der Waals surface area contributed by atoms with Gasteiger partial charge in [0.25, 0.3) is 5.91 Å². The maximum atomic E-state index is 12.5. The lowest BCUT2D eigenvalue weighted by molar-refractivity contribution is -0.00229. The minimum Gasteiger partial charge on any atom is -0.393 e. The number of hydrogen-bond donors (Lipinski definition) is 3. The fourth-order valence-electron chi connectivity index (χ4n) is 3.09. The fourth-order valence-corrected chi connectivity index (χ4v) is 3.34. The van der Waals surface area contributed by atoms with Crippen molar-refractivity contribution in [2.24, 2.45) is 0 Å². The van der Waals surface area contributed by atoms with Crippen LogP contribution in [0.5, 0.6) is 0 Å². The topological polar surface area (TPSA) is 87.4 Å². The number of carbonyl (C=O) groups excluding carboxylic acids is 1. The van der Waals surface area contributed by atoms with Gasteiger partial charge in [-0.3, -0.25) is 4.79 Å². The molecular weight excluding hydrogens is 366 g/mol. The molecule has 3 aromatic rings. The van der Waals surface area contributed by atoms with Crippen LogP contribution in [-0.2, 0) is 5.60 Å². The number of pyridine rings is 1. The minimum atomic E-state index is -1.34. The van der Waals surface area contributed by atoms with Crippen molar-refractivity contribution in [2.45, 2.75) is 31.4 Å². The van der Waals surface area contributed by atoms with Gasteiger partial charge in [0.05, 0.1) is 17.1 Å². The summed E-state index contributed by atoms with van der Waals surface area (Å²) in [4.78, 5) is 16.8. The van der Waals surface area contributed by atoms with E-state index in [4.69, 9.17) is 11.6 Å². The third kappa shape index (κ3) is 3.43. The Hall–Kier alpha value is -2.41. The van der Waals surface area contributed by atoms with Crippen LogP contribution >= 0.6 is 11.6 Å². The summed E-state index contributed by atoms with van der Waals surface area (Å²) < 4.78 is 2.14. The first-order chi connectivity index (χ1) is 12.9. The largest absolute Gasteiger partial charge is 0.393 e. The van der Waals surface area contributed by atoms with E-state index < -0.39 is 12.2 Å². The van der Waals surface area contributed by atoms with E-state index in [2.05, 4.69) is 14.9 Å². The number of carbonyl (C=O) groups is 1. The van der Waals surface area contributed by atoms with E-state index in [0.717, 1.165) is 23.7 Å². The third-order valence-corrected chi connectivity index (χ3v) is 5.23. The molecule has 1 atom stereocenters. The highest BCUT2D eigenvalue weighted by Gasteiger charge is 2.26. The summed E-state index contributed by atoms with van der Waals surface area (Å²) in [5.41, 5.74) is 0.597. The van der Waals surface area contributed by atoms with Gasteiger partial charge < -0.3 is 20.1 Å². The highest BCUT2D eigenvalue weighted by molar-refractivity contribution is 6.35. The molecule has 2 heterocycles. The first-order valence-electron chi connectivity index (χ1n) is 8.80. The number of aliphatic hydroxyl groups excluding tert-OH is 1. The molecule has 1 aliphatic rings. The molecule has 0 radical (unpaired) electrons. The number of amides is 1. The van der Waals surface area contributed by atoms with Crippen LogP contribution in [0.2, 0.25) is 5.02 Å². The van der Waals surface area contributed by atoms with Gasteiger partial charge in [-0.2, -0.15) is 0 Å². The monoisotopic (exact) mass is 385 g/mol. The van der Waals surface area contributed by atoms with E-state index in [9.17, 15) is 15.0 Å². The molecule has 4 rings (SSSR count). The molecule has 140 valence electrons. The van der Waals surface area contributed by atoms with Crippen LogP contribution in [0.3, 0.4) is 0 Å². The molecule has 1 amide bonds. The Morgan fingerprint density at radius 3 is 2.70 bits per heavy atom. The third-order valence-electron chi connectivity index (χ3n) is 4.93. The number of benzene rings is 1. The predicted octanol–water partition coefficient (Wildman–Crippen LogP) is 3.48. The molecule has 0 aliphatic heterocycles. The second kappa shape index (κ2) is 6.64. The summed E-state index contributed by atoms with van der Waals surface area (Å²) in [5, 5.41) is 23.6. The molecule has 2 aromatic heterocycles. The van der Waals surface area contributed by atoms with Crippen molar-refractivity contribution in [3.05, 3.63) is 58.9 Å². The molecule has 0 saturated heterocycles. The zero-order valence-electron chi connectivity index (χ0n) is 14.8. The second-order valence-electron chi connectivity index (χ2n) is 7.17. The quantitative estimate of drug-likeness (QED) is 0.627. The summed E-state index contributed by atoms with van der Waals surface area (Å²) in [6, 6.07) is 8.77. The number of anilines is 1. The molecule has 1 aliphatic carbocycles. The summed E-state index contributed by atoms with van der Waals surface area (Å²) in [6.07, 6.45) is 5.86. The summed E-state index contributed by atoms with van der Waals surface area (Å²) in [5.74, 6) is 0.156. The number of rotatable bonds is 5. The molecule has 3 N–H and O–H groups in total. The molecular formula is C20H20ClN3O3. The first kappa shape index (κ1) is 18.0. The van der Waals surface area contributed by atoms with Crippen molar-refractivity contribution in [3.63, 3.8) is 0 Å².